The Hall–Kier alpha value is -2.48. The van der Waals surface area contributed by atoms with Gasteiger partial charge in [-0.05, 0) is 60.5 Å². The molecule has 3 aromatic carbocycles. The number of hydrogen-bond donors (Lipinski definition) is 2. The summed E-state index contributed by atoms with van der Waals surface area (Å²) in [4.78, 5) is 13.8. The monoisotopic (exact) mass is 474 g/mol. The van der Waals surface area contributed by atoms with Crippen molar-refractivity contribution in [2.75, 3.05) is 11.0 Å². The van der Waals surface area contributed by atoms with E-state index in [4.69, 9.17) is 11.6 Å². The molecule has 5 nitrogen and oxygen atoms in total. The van der Waals surface area contributed by atoms with E-state index in [2.05, 4.69) is 10.0 Å². The number of thioether (sulfide) groups is 1. The second kappa shape index (κ2) is 10.2. The highest BCUT2D eigenvalue weighted by molar-refractivity contribution is 7.98. The molecule has 1 unspecified atom stereocenters. The van der Waals surface area contributed by atoms with Crippen molar-refractivity contribution in [2.24, 2.45) is 0 Å². The zero-order valence-corrected chi connectivity index (χ0v) is 19.5. The molecule has 31 heavy (non-hydrogen) atoms. The van der Waals surface area contributed by atoms with Crippen LogP contribution >= 0.6 is 23.4 Å². The third-order valence-electron chi connectivity index (χ3n) is 4.51. The number of amides is 1. The van der Waals surface area contributed by atoms with Gasteiger partial charge in [0.15, 0.2) is 0 Å². The van der Waals surface area contributed by atoms with Crippen LogP contribution in [0, 0.1) is 0 Å². The smallest absolute Gasteiger partial charge is 0.251 e. The lowest BCUT2D eigenvalue weighted by atomic mass is 10.1. The van der Waals surface area contributed by atoms with Crippen molar-refractivity contribution in [1.82, 2.24) is 5.32 Å². The Morgan fingerprint density at radius 2 is 1.65 bits per heavy atom. The van der Waals surface area contributed by atoms with Crippen molar-refractivity contribution in [3.8, 4) is 0 Å². The van der Waals surface area contributed by atoms with Crippen molar-refractivity contribution in [1.29, 1.82) is 0 Å². The first-order chi connectivity index (χ1) is 14.7. The van der Waals surface area contributed by atoms with E-state index in [1.54, 1.807) is 48.2 Å². The predicted octanol–water partition coefficient (Wildman–Crippen LogP) is 5.49. The van der Waals surface area contributed by atoms with Crippen LogP contribution in [0.15, 0.2) is 77.7 Å². The van der Waals surface area contributed by atoms with Gasteiger partial charge >= 0.3 is 0 Å². The highest BCUT2D eigenvalue weighted by Crippen LogP contribution is 2.25. The summed E-state index contributed by atoms with van der Waals surface area (Å²) in [5.41, 5.74) is 2.79. The molecule has 0 aliphatic rings. The molecule has 0 bridgehead atoms. The molecule has 0 saturated heterocycles. The molecule has 3 rings (SSSR count). The van der Waals surface area contributed by atoms with Gasteiger partial charge in [0.1, 0.15) is 0 Å². The van der Waals surface area contributed by atoms with Crippen LogP contribution in [-0.4, -0.2) is 20.6 Å². The van der Waals surface area contributed by atoms with Crippen LogP contribution in [0.2, 0.25) is 5.02 Å². The van der Waals surface area contributed by atoms with Gasteiger partial charge in [0.2, 0.25) is 10.0 Å². The number of hydrogen-bond acceptors (Lipinski definition) is 4. The molecular formula is C23H23ClN2O3S2. The maximum atomic E-state index is 12.7. The third kappa shape index (κ3) is 7.02. The Kier molecular flexibility index (Phi) is 7.64. The molecule has 0 aliphatic heterocycles. The van der Waals surface area contributed by atoms with Crippen molar-refractivity contribution < 1.29 is 13.2 Å². The topological polar surface area (TPSA) is 75.3 Å². The van der Waals surface area contributed by atoms with E-state index in [-0.39, 0.29) is 11.9 Å². The number of anilines is 1. The lowest BCUT2D eigenvalue weighted by molar-refractivity contribution is 0.0940. The molecule has 3 aromatic rings. The SMILES string of the molecule is CC(NC(=O)c1ccc(CSc2ccc(Cl)cc2)cc1)c1ccccc1NS(C)(=O)=O. The van der Waals surface area contributed by atoms with Crippen LogP contribution in [-0.2, 0) is 15.8 Å². The maximum absolute atomic E-state index is 12.7. The summed E-state index contributed by atoms with van der Waals surface area (Å²) in [5, 5.41) is 3.64. The van der Waals surface area contributed by atoms with Gasteiger partial charge in [-0.1, -0.05) is 41.9 Å². The molecule has 1 atom stereocenters. The minimum absolute atomic E-state index is 0.224. The molecule has 1 amide bonds. The third-order valence-corrected chi connectivity index (χ3v) is 6.43. The summed E-state index contributed by atoms with van der Waals surface area (Å²) in [5.74, 6) is 0.559. The lowest BCUT2D eigenvalue weighted by Gasteiger charge is -2.18. The van der Waals surface area contributed by atoms with Gasteiger partial charge in [-0.3, -0.25) is 9.52 Å². The Morgan fingerprint density at radius 3 is 2.29 bits per heavy atom. The number of halogens is 1. The largest absolute Gasteiger partial charge is 0.345 e. The van der Waals surface area contributed by atoms with Gasteiger partial charge in [-0.2, -0.15) is 0 Å². The second-order valence-corrected chi connectivity index (χ2v) is 10.3. The molecule has 2 N–H and O–H groups in total. The summed E-state index contributed by atoms with van der Waals surface area (Å²) in [6, 6.07) is 21.8. The van der Waals surface area contributed by atoms with E-state index in [1.165, 1.54) is 0 Å². The van der Waals surface area contributed by atoms with E-state index in [1.807, 2.05) is 43.3 Å². The molecule has 0 aromatic heterocycles. The fraction of sp³-hybridized carbons (Fsp3) is 0.174. The summed E-state index contributed by atoms with van der Waals surface area (Å²) in [6.07, 6.45) is 1.10. The van der Waals surface area contributed by atoms with Gasteiger partial charge < -0.3 is 5.32 Å². The summed E-state index contributed by atoms with van der Waals surface area (Å²) < 4.78 is 25.7. The number of rotatable bonds is 8. The van der Waals surface area contributed by atoms with Gasteiger partial charge in [0.05, 0.1) is 18.0 Å². The molecule has 0 radical (unpaired) electrons. The number of carbonyl (C=O) groups excluding carboxylic acids is 1. The molecule has 0 aliphatic carbocycles. The first kappa shape index (κ1) is 23.2. The minimum Gasteiger partial charge on any atom is -0.345 e. The molecule has 0 fully saturated rings. The molecule has 8 heteroatoms. The Bertz CT molecular complexity index is 1150. The van der Waals surface area contributed by atoms with Gasteiger partial charge in [0.25, 0.3) is 5.91 Å². The van der Waals surface area contributed by atoms with Crippen LogP contribution in [0.25, 0.3) is 0 Å². The minimum atomic E-state index is -3.42. The molecular weight excluding hydrogens is 452 g/mol. The molecule has 0 spiro atoms. The molecule has 0 heterocycles. The van der Waals surface area contributed by atoms with Crippen LogP contribution in [0.3, 0.4) is 0 Å². The normalized spacial score (nSPS) is 12.2. The van der Waals surface area contributed by atoms with Crippen molar-refractivity contribution in [3.63, 3.8) is 0 Å². The van der Waals surface area contributed by atoms with Gasteiger partial charge in [-0.15, -0.1) is 11.8 Å². The van der Waals surface area contributed by atoms with Crippen molar-refractivity contribution in [3.05, 3.63) is 94.5 Å². The number of nitrogens with one attached hydrogen (secondary N) is 2. The fourth-order valence-electron chi connectivity index (χ4n) is 2.97. The van der Waals surface area contributed by atoms with E-state index < -0.39 is 10.0 Å². The van der Waals surface area contributed by atoms with Crippen LogP contribution in [0.1, 0.15) is 34.5 Å². The zero-order chi connectivity index (χ0) is 22.4. The Balaban J connectivity index is 1.62. The number of carbonyl (C=O) groups is 1. The summed E-state index contributed by atoms with van der Waals surface area (Å²) in [6.45, 7) is 1.82. The quantitative estimate of drug-likeness (QED) is 0.423. The van der Waals surface area contributed by atoms with E-state index in [0.29, 0.717) is 21.8 Å². The number of para-hydroxylation sites is 1. The summed E-state index contributed by atoms with van der Waals surface area (Å²) >= 11 is 7.61. The Labute approximate surface area is 192 Å². The fourth-order valence-corrected chi connectivity index (χ4v) is 4.54. The van der Waals surface area contributed by atoms with Crippen LogP contribution in [0.5, 0.6) is 0 Å². The first-order valence-corrected chi connectivity index (χ1v) is 12.8. The van der Waals surface area contributed by atoms with Gasteiger partial charge in [-0.25, -0.2) is 8.42 Å². The Morgan fingerprint density at radius 1 is 1.00 bits per heavy atom. The highest BCUT2D eigenvalue weighted by Gasteiger charge is 2.16. The van der Waals surface area contributed by atoms with Crippen molar-refractivity contribution in [2.45, 2.75) is 23.6 Å². The zero-order valence-electron chi connectivity index (χ0n) is 17.1. The van der Waals surface area contributed by atoms with Crippen molar-refractivity contribution >= 4 is 45.0 Å². The second-order valence-electron chi connectivity index (χ2n) is 7.10. The lowest BCUT2D eigenvalue weighted by Crippen LogP contribution is -2.27. The van der Waals surface area contributed by atoms with Crippen LogP contribution in [0.4, 0.5) is 5.69 Å². The number of sulfonamides is 1. The first-order valence-electron chi connectivity index (χ1n) is 9.56. The van der Waals surface area contributed by atoms with E-state index in [9.17, 15) is 13.2 Å². The summed E-state index contributed by atoms with van der Waals surface area (Å²) in [7, 11) is -3.42. The van der Waals surface area contributed by atoms with Crippen LogP contribution < -0.4 is 10.0 Å². The van der Waals surface area contributed by atoms with E-state index in [0.717, 1.165) is 22.5 Å². The van der Waals surface area contributed by atoms with E-state index >= 15 is 0 Å². The highest BCUT2D eigenvalue weighted by atomic mass is 35.5. The number of benzene rings is 3. The molecule has 162 valence electrons. The maximum Gasteiger partial charge on any atom is 0.251 e. The average molecular weight is 475 g/mol. The molecule has 0 saturated carbocycles. The standard InChI is InChI=1S/C23H23ClN2O3S2/c1-16(21-5-3-4-6-22(21)26-31(2,28)29)25-23(27)18-9-7-17(8-10-18)15-30-20-13-11-19(24)12-14-20/h3-14,16,26H,15H2,1-2H3,(H,25,27). The average Bonchev–Trinajstić information content (AvgIpc) is 2.73. The predicted molar refractivity (Wildman–Crippen MR) is 128 cm³/mol. The van der Waals surface area contributed by atoms with Gasteiger partial charge in [0, 0.05) is 21.2 Å².